The molecule has 0 radical (unpaired) electrons. The number of ether oxygens (including phenoxy) is 1. The van der Waals surface area contributed by atoms with Crippen molar-refractivity contribution in [3.05, 3.63) is 23.7 Å². The highest BCUT2D eigenvalue weighted by atomic mass is 16.5. The summed E-state index contributed by atoms with van der Waals surface area (Å²) in [6.07, 6.45) is 5.42. The van der Waals surface area contributed by atoms with Gasteiger partial charge >= 0.3 is 0 Å². The number of furan rings is 1. The van der Waals surface area contributed by atoms with Gasteiger partial charge < -0.3 is 14.5 Å². The molecule has 3 heteroatoms. The zero-order valence-electron chi connectivity index (χ0n) is 9.08. The second-order valence-electron chi connectivity index (χ2n) is 4.61. The van der Waals surface area contributed by atoms with Crippen LogP contribution in [0.25, 0.3) is 0 Å². The lowest BCUT2D eigenvalue weighted by molar-refractivity contribution is 0.0863. The Morgan fingerprint density at radius 2 is 2.47 bits per heavy atom. The number of fused-ring (bicyclic) bond motifs is 1. The fourth-order valence-electron chi connectivity index (χ4n) is 2.84. The molecule has 0 aromatic carbocycles. The number of methoxy groups -OCH3 is 1. The van der Waals surface area contributed by atoms with Crippen LogP contribution in [0.15, 0.2) is 16.7 Å². The van der Waals surface area contributed by atoms with E-state index in [-0.39, 0.29) is 5.54 Å². The van der Waals surface area contributed by atoms with Crippen LogP contribution in [0, 0.1) is 5.92 Å². The zero-order chi connectivity index (χ0) is 10.3. The van der Waals surface area contributed by atoms with Crippen LogP contribution < -0.4 is 5.32 Å². The maximum Gasteiger partial charge on any atom is 0.110 e. The van der Waals surface area contributed by atoms with E-state index in [9.17, 15) is 0 Å². The Labute approximate surface area is 89.8 Å². The molecule has 0 bridgehead atoms. The SMILES string of the molecule is COCC1(C2CC2)NCCc2occc21. The van der Waals surface area contributed by atoms with Crippen LogP contribution in [-0.2, 0) is 16.7 Å². The van der Waals surface area contributed by atoms with E-state index in [2.05, 4.69) is 11.4 Å². The van der Waals surface area contributed by atoms with Gasteiger partial charge in [-0.25, -0.2) is 0 Å². The standard InChI is InChI=1S/C12H17NO2/c1-14-8-12(9-2-3-9)10-5-7-15-11(10)4-6-13-12/h5,7,9,13H,2-4,6,8H2,1H3. The van der Waals surface area contributed by atoms with Gasteiger partial charge in [-0.05, 0) is 24.8 Å². The molecule has 1 aromatic rings. The highest BCUT2D eigenvalue weighted by molar-refractivity contribution is 5.32. The lowest BCUT2D eigenvalue weighted by Gasteiger charge is -2.37. The Hall–Kier alpha value is -0.800. The molecule has 3 rings (SSSR count). The van der Waals surface area contributed by atoms with Gasteiger partial charge in [-0.3, -0.25) is 0 Å². The maximum absolute atomic E-state index is 5.54. The van der Waals surface area contributed by atoms with Crippen molar-refractivity contribution in [1.82, 2.24) is 5.32 Å². The van der Waals surface area contributed by atoms with Crippen LogP contribution in [0.3, 0.4) is 0 Å². The summed E-state index contributed by atoms with van der Waals surface area (Å²) < 4.78 is 10.9. The summed E-state index contributed by atoms with van der Waals surface area (Å²) in [5.74, 6) is 1.88. The van der Waals surface area contributed by atoms with Crippen molar-refractivity contribution in [3.8, 4) is 0 Å². The van der Waals surface area contributed by atoms with Gasteiger partial charge in [-0.2, -0.15) is 0 Å². The zero-order valence-corrected chi connectivity index (χ0v) is 9.08. The number of nitrogens with one attached hydrogen (secondary N) is 1. The summed E-state index contributed by atoms with van der Waals surface area (Å²) in [7, 11) is 1.78. The van der Waals surface area contributed by atoms with Crippen LogP contribution in [0.5, 0.6) is 0 Å². The van der Waals surface area contributed by atoms with E-state index in [1.807, 2.05) is 6.26 Å². The Kier molecular flexibility index (Phi) is 2.11. The molecule has 1 aromatic heterocycles. The fraction of sp³-hybridized carbons (Fsp3) is 0.667. The van der Waals surface area contributed by atoms with Gasteiger partial charge in [0, 0.05) is 25.6 Å². The maximum atomic E-state index is 5.54. The molecule has 1 aliphatic carbocycles. The van der Waals surface area contributed by atoms with Crippen LogP contribution >= 0.6 is 0 Å². The smallest absolute Gasteiger partial charge is 0.110 e. The number of hydrogen-bond donors (Lipinski definition) is 1. The van der Waals surface area contributed by atoms with Gasteiger partial charge in [0.2, 0.25) is 0 Å². The topological polar surface area (TPSA) is 34.4 Å². The molecule has 82 valence electrons. The molecule has 0 saturated heterocycles. The third-order valence-electron chi connectivity index (χ3n) is 3.66. The first-order valence-electron chi connectivity index (χ1n) is 5.67. The normalized spacial score (nSPS) is 30.2. The highest BCUT2D eigenvalue weighted by Gasteiger charge is 2.49. The van der Waals surface area contributed by atoms with E-state index >= 15 is 0 Å². The molecule has 1 saturated carbocycles. The first-order chi connectivity index (χ1) is 7.37. The van der Waals surface area contributed by atoms with E-state index in [1.165, 1.54) is 18.4 Å². The van der Waals surface area contributed by atoms with Crippen molar-refractivity contribution in [1.29, 1.82) is 0 Å². The second-order valence-corrected chi connectivity index (χ2v) is 4.61. The minimum atomic E-state index is 0.0370. The van der Waals surface area contributed by atoms with Crippen molar-refractivity contribution < 1.29 is 9.15 Å². The van der Waals surface area contributed by atoms with E-state index < -0.39 is 0 Å². The predicted octanol–water partition coefficient (Wildman–Crippen LogP) is 1.68. The molecule has 1 unspecified atom stereocenters. The summed E-state index contributed by atoms with van der Waals surface area (Å²) in [4.78, 5) is 0. The Balaban J connectivity index is 2.02. The molecule has 0 spiro atoms. The summed E-state index contributed by atoms with van der Waals surface area (Å²) in [5.41, 5.74) is 1.37. The predicted molar refractivity (Wildman–Crippen MR) is 56.7 cm³/mol. The van der Waals surface area contributed by atoms with E-state index in [0.29, 0.717) is 0 Å². The van der Waals surface area contributed by atoms with Gasteiger partial charge in [0.1, 0.15) is 5.76 Å². The molecule has 3 nitrogen and oxygen atoms in total. The van der Waals surface area contributed by atoms with Gasteiger partial charge in [0.25, 0.3) is 0 Å². The molecule has 2 heterocycles. The molecular formula is C12H17NO2. The minimum absolute atomic E-state index is 0.0370. The molecule has 0 amide bonds. The average molecular weight is 207 g/mol. The first kappa shape index (κ1) is 9.43. The molecule has 1 atom stereocenters. The summed E-state index contributed by atoms with van der Waals surface area (Å²) in [6, 6.07) is 2.11. The van der Waals surface area contributed by atoms with Crippen molar-refractivity contribution in [2.45, 2.75) is 24.8 Å². The summed E-state index contributed by atoms with van der Waals surface area (Å²) in [6.45, 7) is 1.75. The van der Waals surface area contributed by atoms with Crippen molar-refractivity contribution in [2.24, 2.45) is 5.92 Å². The lowest BCUT2D eigenvalue weighted by atomic mass is 9.82. The van der Waals surface area contributed by atoms with Crippen molar-refractivity contribution in [3.63, 3.8) is 0 Å². The monoisotopic (exact) mass is 207 g/mol. The van der Waals surface area contributed by atoms with Crippen LogP contribution in [-0.4, -0.2) is 20.3 Å². The van der Waals surface area contributed by atoms with Crippen LogP contribution in [0.1, 0.15) is 24.2 Å². The van der Waals surface area contributed by atoms with E-state index in [1.54, 1.807) is 7.11 Å². The largest absolute Gasteiger partial charge is 0.469 e. The third-order valence-corrected chi connectivity index (χ3v) is 3.66. The molecule has 1 N–H and O–H groups in total. The Morgan fingerprint density at radius 1 is 1.60 bits per heavy atom. The first-order valence-corrected chi connectivity index (χ1v) is 5.67. The summed E-state index contributed by atoms with van der Waals surface area (Å²) in [5, 5.41) is 3.65. The molecular weight excluding hydrogens is 190 g/mol. The fourth-order valence-corrected chi connectivity index (χ4v) is 2.84. The van der Waals surface area contributed by atoms with Crippen LogP contribution in [0.4, 0.5) is 0 Å². The molecule has 1 fully saturated rings. The molecule has 2 aliphatic rings. The van der Waals surface area contributed by atoms with E-state index in [0.717, 1.165) is 31.3 Å². The minimum Gasteiger partial charge on any atom is -0.469 e. The van der Waals surface area contributed by atoms with Gasteiger partial charge in [-0.1, -0.05) is 0 Å². The quantitative estimate of drug-likeness (QED) is 0.818. The highest BCUT2D eigenvalue weighted by Crippen LogP contribution is 2.48. The Morgan fingerprint density at radius 3 is 3.20 bits per heavy atom. The van der Waals surface area contributed by atoms with Crippen molar-refractivity contribution >= 4 is 0 Å². The number of hydrogen-bond acceptors (Lipinski definition) is 3. The van der Waals surface area contributed by atoms with Gasteiger partial charge in [-0.15, -0.1) is 0 Å². The average Bonchev–Trinajstić information content (AvgIpc) is 2.98. The second kappa shape index (κ2) is 3.35. The van der Waals surface area contributed by atoms with Gasteiger partial charge in [0.15, 0.2) is 0 Å². The van der Waals surface area contributed by atoms with Crippen LogP contribution in [0.2, 0.25) is 0 Å². The lowest BCUT2D eigenvalue weighted by Crippen LogP contribution is -2.51. The van der Waals surface area contributed by atoms with Gasteiger partial charge in [0.05, 0.1) is 18.4 Å². The Bertz CT molecular complexity index is 356. The number of rotatable bonds is 3. The van der Waals surface area contributed by atoms with E-state index in [4.69, 9.17) is 9.15 Å². The molecule has 15 heavy (non-hydrogen) atoms. The molecule has 1 aliphatic heterocycles. The third kappa shape index (κ3) is 1.34. The summed E-state index contributed by atoms with van der Waals surface area (Å²) >= 11 is 0. The van der Waals surface area contributed by atoms with Crippen molar-refractivity contribution in [2.75, 3.05) is 20.3 Å².